The van der Waals surface area contributed by atoms with Crippen molar-refractivity contribution in [1.82, 2.24) is 9.78 Å². The number of thiophene rings is 1. The van der Waals surface area contributed by atoms with Crippen molar-refractivity contribution < 1.29 is 4.79 Å². The summed E-state index contributed by atoms with van der Waals surface area (Å²) in [6.07, 6.45) is 2.19. The molecule has 0 spiro atoms. The molecule has 2 aromatic heterocycles. The van der Waals surface area contributed by atoms with E-state index in [1.807, 2.05) is 23.8 Å². The number of ketones is 1. The van der Waals surface area contributed by atoms with E-state index in [9.17, 15) is 4.79 Å². The summed E-state index contributed by atoms with van der Waals surface area (Å²) < 4.78 is 1.64. The number of aryl methyl sites for hydroxylation is 2. The zero-order valence-electron chi connectivity index (χ0n) is 8.73. The lowest BCUT2D eigenvalue weighted by Gasteiger charge is -2.01. The third-order valence-corrected chi connectivity index (χ3v) is 3.06. The van der Waals surface area contributed by atoms with Gasteiger partial charge in [0, 0.05) is 13.5 Å². The quantitative estimate of drug-likeness (QED) is 0.743. The number of carbonyl (C=O) groups is 1. The second kappa shape index (κ2) is 3.98. The van der Waals surface area contributed by atoms with Gasteiger partial charge in [0.05, 0.1) is 6.20 Å². The molecule has 2 aromatic rings. The van der Waals surface area contributed by atoms with Crippen molar-refractivity contribution in [3.63, 3.8) is 0 Å². The third-order valence-electron chi connectivity index (χ3n) is 2.33. The molecule has 0 aliphatic carbocycles. The van der Waals surface area contributed by atoms with Crippen molar-refractivity contribution in [2.45, 2.75) is 13.3 Å². The first-order valence-corrected chi connectivity index (χ1v) is 5.65. The van der Waals surface area contributed by atoms with E-state index in [2.05, 4.69) is 5.10 Å². The number of Topliss-reactive ketones (excluding diaryl/α,β-unsaturated/α-hetero) is 1. The van der Waals surface area contributed by atoms with Gasteiger partial charge in [0.25, 0.3) is 0 Å². The van der Waals surface area contributed by atoms with Crippen molar-refractivity contribution in [2.75, 3.05) is 0 Å². The molecule has 0 saturated heterocycles. The summed E-state index contributed by atoms with van der Waals surface area (Å²) in [6.45, 7) is 1.91. The Kier molecular flexibility index (Phi) is 2.68. The minimum Gasteiger partial charge on any atom is -0.292 e. The number of aromatic nitrogens is 2. The van der Waals surface area contributed by atoms with Crippen LogP contribution in [0.2, 0.25) is 0 Å². The Balaban J connectivity index is 2.22. The zero-order valence-corrected chi connectivity index (χ0v) is 9.54. The summed E-state index contributed by atoms with van der Waals surface area (Å²) in [5.74, 6) is 0.130. The van der Waals surface area contributed by atoms with E-state index in [4.69, 9.17) is 0 Å². The van der Waals surface area contributed by atoms with E-state index in [1.54, 1.807) is 29.3 Å². The van der Waals surface area contributed by atoms with Gasteiger partial charge < -0.3 is 0 Å². The fourth-order valence-corrected chi connectivity index (χ4v) is 2.28. The first-order valence-electron chi connectivity index (χ1n) is 4.71. The van der Waals surface area contributed by atoms with Gasteiger partial charge in [-0.2, -0.15) is 16.4 Å². The average molecular weight is 220 g/mol. The van der Waals surface area contributed by atoms with E-state index in [1.165, 1.54) is 0 Å². The van der Waals surface area contributed by atoms with Crippen molar-refractivity contribution in [3.05, 3.63) is 39.8 Å². The van der Waals surface area contributed by atoms with E-state index in [-0.39, 0.29) is 5.78 Å². The Labute approximate surface area is 92.4 Å². The maximum Gasteiger partial charge on any atom is 0.185 e. The van der Waals surface area contributed by atoms with Gasteiger partial charge in [-0.25, -0.2) is 0 Å². The normalized spacial score (nSPS) is 10.5. The first-order chi connectivity index (χ1) is 7.18. The van der Waals surface area contributed by atoms with E-state index in [0.717, 1.165) is 11.1 Å². The fourth-order valence-electron chi connectivity index (χ4n) is 1.61. The van der Waals surface area contributed by atoms with Gasteiger partial charge in [-0.3, -0.25) is 9.48 Å². The van der Waals surface area contributed by atoms with Crippen LogP contribution in [0.15, 0.2) is 23.0 Å². The Bertz CT molecular complexity index is 451. The lowest BCUT2D eigenvalue weighted by Crippen LogP contribution is -2.10. The molecule has 0 aromatic carbocycles. The van der Waals surface area contributed by atoms with Gasteiger partial charge in [-0.05, 0) is 34.9 Å². The maximum atomic E-state index is 12.0. The standard InChI is InChI=1S/C11H12N2OS/c1-8-6-12-13(2)11(8)10(14)5-9-3-4-15-7-9/h3-4,6-7H,5H2,1-2H3. The minimum absolute atomic E-state index is 0.130. The highest BCUT2D eigenvalue weighted by Crippen LogP contribution is 2.12. The summed E-state index contributed by atoms with van der Waals surface area (Å²) in [6, 6.07) is 1.98. The topological polar surface area (TPSA) is 34.9 Å². The van der Waals surface area contributed by atoms with Gasteiger partial charge in [0.1, 0.15) is 5.69 Å². The summed E-state index contributed by atoms with van der Waals surface area (Å²) >= 11 is 1.61. The molecule has 2 heterocycles. The number of carbonyl (C=O) groups excluding carboxylic acids is 1. The molecule has 3 nitrogen and oxygen atoms in total. The molecule has 0 N–H and O–H groups in total. The molecule has 0 unspecified atom stereocenters. The van der Waals surface area contributed by atoms with Crippen LogP contribution in [0.1, 0.15) is 21.6 Å². The van der Waals surface area contributed by atoms with Crippen LogP contribution < -0.4 is 0 Å². The molecular formula is C11H12N2OS. The molecule has 0 atom stereocenters. The van der Waals surface area contributed by atoms with Gasteiger partial charge in [0.15, 0.2) is 5.78 Å². The maximum absolute atomic E-state index is 12.0. The second-order valence-corrected chi connectivity index (χ2v) is 4.31. The Morgan fingerprint density at radius 1 is 1.60 bits per heavy atom. The first kappa shape index (κ1) is 10.1. The molecule has 2 rings (SSSR count). The highest BCUT2D eigenvalue weighted by atomic mass is 32.1. The molecule has 0 aliphatic rings. The molecule has 0 amide bonds. The lowest BCUT2D eigenvalue weighted by atomic mass is 10.1. The van der Waals surface area contributed by atoms with Gasteiger partial charge in [-0.1, -0.05) is 0 Å². The molecule has 15 heavy (non-hydrogen) atoms. The van der Waals surface area contributed by atoms with Crippen LogP contribution in [0.5, 0.6) is 0 Å². The molecule has 4 heteroatoms. The molecule has 78 valence electrons. The summed E-state index contributed by atoms with van der Waals surface area (Å²) in [4.78, 5) is 12.0. The van der Waals surface area contributed by atoms with Crippen molar-refractivity contribution in [2.24, 2.45) is 7.05 Å². The largest absolute Gasteiger partial charge is 0.292 e. The lowest BCUT2D eigenvalue weighted by molar-refractivity contribution is 0.0983. The van der Waals surface area contributed by atoms with Crippen LogP contribution in [0.4, 0.5) is 0 Å². The predicted molar refractivity (Wildman–Crippen MR) is 60.3 cm³/mol. The van der Waals surface area contributed by atoms with Crippen LogP contribution in [-0.2, 0) is 13.5 Å². The molecule has 0 aliphatic heterocycles. The summed E-state index contributed by atoms with van der Waals surface area (Å²) in [5.41, 5.74) is 2.73. The van der Waals surface area contributed by atoms with Crippen molar-refractivity contribution in [1.29, 1.82) is 0 Å². The Morgan fingerprint density at radius 3 is 2.93 bits per heavy atom. The van der Waals surface area contributed by atoms with Gasteiger partial charge >= 0.3 is 0 Å². The second-order valence-electron chi connectivity index (χ2n) is 3.53. The average Bonchev–Trinajstić information content (AvgIpc) is 2.77. The van der Waals surface area contributed by atoms with Crippen LogP contribution in [-0.4, -0.2) is 15.6 Å². The number of hydrogen-bond donors (Lipinski definition) is 0. The smallest absolute Gasteiger partial charge is 0.185 e. The molecule has 0 saturated carbocycles. The minimum atomic E-state index is 0.130. The monoisotopic (exact) mass is 220 g/mol. The van der Waals surface area contributed by atoms with E-state index in [0.29, 0.717) is 12.1 Å². The predicted octanol–water partition coefficient (Wildman–Crippen LogP) is 2.22. The third kappa shape index (κ3) is 1.99. The van der Waals surface area contributed by atoms with Gasteiger partial charge in [0.2, 0.25) is 0 Å². The van der Waals surface area contributed by atoms with E-state index < -0.39 is 0 Å². The van der Waals surface area contributed by atoms with Crippen molar-refractivity contribution >= 4 is 17.1 Å². The highest BCUT2D eigenvalue weighted by Gasteiger charge is 2.14. The SMILES string of the molecule is Cc1cnn(C)c1C(=O)Cc1ccsc1. The van der Waals surface area contributed by atoms with Crippen molar-refractivity contribution in [3.8, 4) is 0 Å². The van der Waals surface area contributed by atoms with Crippen LogP contribution >= 0.6 is 11.3 Å². The van der Waals surface area contributed by atoms with E-state index >= 15 is 0 Å². The van der Waals surface area contributed by atoms with Crippen LogP contribution in [0.3, 0.4) is 0 Å². The fraction of sp³-hybridized carbons (Fsp3) is 0.273. The van der Waals surface area contributed by atoms with Crippen LogP contribution in [0.25, 0.3) is 0 Å². The number of rotatable bonds is 3. The molecule has 0 radical (unpaired) electrons. The van der Waals surface area contributed by atoms with Crippen LogP contribution in [0, 0.1) is 6.92 Å². The number of nitrogens with zero attached hydrogens (tertiary/aromatic N) is 2. The highest BCUT2D eigenvalue weighted by molar-refractivity contribution is 7.08. The summed E-state index contributed by atoms with van der Waals surface area (Å²) in [7, 11) is 1.80. The molecule has 0 fully saturated rings. The van der Waals surface area contributed by atoms with Gasteiger partial charge in [-0.15, -0.1) is 0 Å². The Hall–Kier alpha value is -1.42. The number of hydrogen-bond acceptors (Lipinski definition) is 3. The zero-order chi connectivity index (χ0) is 10.8. The molecular weight excluding hydrogens is 208 g/mol. The summed E-state index contributed by atoms with van der Waals surface area (Å²) in [5, 5.41) is 8.05. The Morgan fingerprint density at radius 2 is 2.40 bits per heavy atom. The molecule has 0 bridgehead atoms.